The first-order valence-corrected chi connectivity index (χ1v) is 11.3. The smallest absolute Gasteiger partial charge is 0.340 e. The minimum absolute atomic E-state index is 0.157. The fourth-order valence-electron chi connectivity index (χ4n) is 6.79. The van der Waals surface area contributed by atoms with Crippen molar-refractivity contribution in [2.24, 2.45) is 17.8 Å². The van der Waals surface area contributed by atoms with Gasteiger partial charge in [-0.3, -0.25) is 10.1 Å². The van der Waals surface area contributed by atoms with E-state index in [1.165, 1.54) is 19.3 Å². The third-order valence-electron chi connectivity index (χ3n) is 7.62. The second-order valence-corrected chi connectivity index (χ2v) is 10.2. The molecule has 6 rings (SSSR count). The first-order valence-electron chi connectivity index (χ1n) is 11.3. The Bertz CT molecular complexity index is 863. The summed E-state index contributed by atoms with van der Waals surface area (Å²) in [7, 11) is 0. The molecule has 0 aromatic carbocycles. The normalized spacial score (nSPS) is 31.5. The topological polar surface area (TPSA) is 89.4 Å². The van der Waals surface area contributed by atoms with Crippen LogP contribution >= 0.6 is 0 Å². The minimum Gasteiger partial charge on any atom is -0.452 e. The average Bonchev–Trinajstić information content (AvgIpc) is 3.42. The summed E-state index contributed by atoms with van der Waals surface area (Å²) in [6.45, 7) is 3.42. The standard InChI is InChI=1S/C23H31N3O4/c1-13-5-19(14(2)26(13)18-3-4-18)21(28)30-12-20(27)24-22(29)25-23-9-15-6-16(10-23)8-17(7-15)11-23/h5,15-18H,3-4,6-12H2,1-2H3,(H2,24,25,27,29). The van der Waals surface area contributed by atoms with Gasteiger partial charge in [-0.25, -0.2) is 9.59 Å². The van der Waals surface area contributed by atoms with Crippen molar-refractivity contribution >= 4 is 17.9 Å². The van der Waals surface area contributed by atoms with Crippen LogP contribution in [0.2, 0.25) is 0 Å². The summed E-state index contributed by atoms with van der Waals surface area (Å²) < 4.78 is 7.35. The number of urea groups is 1. The maximum Gasteiger partial charge on any atom is 0.340 e. The summed E-state index contributed by atoms with van der Waals surface area (Å²) in [5.41, 5.74) is 2.24. The van der Waals surface area contributed by atoms with Crippen LogP contribution in [0.1, 0.15) is 79.2 Å². The van der Waals surface area contributed by atoms with Crippen LogP contribution < -0.4 is 10.6 Å². The number of imide groups is 1. The fraction of sp³-hybridized carbons (Fsp3) is 0.696. The van der Waals surface area contributed by atoms with Crippen LogP contribution in [0, 0.1) is 31.6 Å². The highest BCUT2D eigenvalue weighted by Gasteiger charge is 2.51. The van der Waals surface area contributed by atoms with E-state index < -0.39 is 24.5 Å². The second kappa shape index (κ2) is 7.13. The van der Waals surface area contributed by atoms with E-state index in [4.69, 9.17) is 4.74 Å². The molecule has 4 bridgehead atoms. The monoisotopic (exact) mass is 413 g/mol. The predicted molar refractivity (Wildman–Crippen MR) is 110 cm³/mol. The van der Waals surface area contributed by atoms with Gasteiger partial charge in [0.25, 0.3) is 5.91 Å². The molecule has 7 nitrogen and oxygen atoms in total. The molecule has 1 heterocycles. The zero-order chi connectivity index (χ0) is 21.0. The first-order chi connectivity index (χ1) is 14.3. The lowest BCUT2D eigenvalue weighted by Gasteiger charge is -2.56. The molecule has 5 saturated carbocycles. The quantitative estimate of drug-likeness (QED) is 0.724. The summed E-state index contributed by atoms with van der Waals surface area (Å²) in [5.74, 6) is 1.02. The Labute approximate surface area is 176 Å². The number of ether oxygens (including phenoxy) is 1. The van der Waals surface area contributed by atoms with Crippen molar-refractivity contribution < 1.29 is 19.1 Å². The average molecular weight is 414 g/mol. The number of hydrogen-bond donors (Lipinski definition) is 2. The number of aryl methyl sites for hydroxylation is 1. The number of rotatable bonds is 5. The molecule has 1 aromatic heterocycles. The molecule has 0 radical (unpaired) electrons. The number of carbonyl (C=O) groups is 3. The molecule has 2 N–H and O–H groups in total. The maximum absolute atomic E-state index is 12.4. The maximum atomic E-state index is 12.4. The Kier molecular flexibility index (Phi) is 4.67. The van der Waals surface area contributed by atoms with Crippen LogP contribution in [0.15, 0.2) is 6.07 Å². The molecule has 5 fully saturated rings. The molecule has 30 heavy (non-hydrogen) atoms. The minimum atomic E-state index is -0.596. The molecular formula is C23H31N3O4. The highest BCUT2D eigenvalue weighted by molar-refractivity contribution is 5.97. The summed E-state index contributed by atoms with van der Waals surface area (Å²) >= 11 is 0. The van der Waals surface area contributed by atoms with Gasteiger partial charge in [0.1, 0.15) is 0 Å². The van der Waals surface area contributed by atoms with E-state index in [1.54, 1.807) is 0 Å². The van der Waals surface area contributed by atoms with Gasteiger partial charge in [0.05, 0.1) is 5.56 Å². The number of aromatic nitrogens is 1. The number of amides is 3. The molecule has 0 unspecified atom stereocenters. The molecule has 7 heteroatoms. The van der Waals surface area contributed by atoms with Gasteiger partial charge in [0.15, 0.2) is 6.61 Å². The Hall–Kier alpha value is -2.31. The van der Waals surface area contributed by atoms with E-state index in [0.717, 1.165) is 43.5 Å². The molecule has 3 amide bonds. The lowest BCUT2D eigenvalue weighted by Crippen LogP contribution is -2.62. The van der Waals surface area contributed by atoms with E-state index >= 15 is 0 Å². The van der Waals surface area contributed by atoms with Gasteiger partial charge in [0, 0.05) is 23.0 Å². The van der Waals surface area contributed by atoms with Gasteiger partial charge < -0.3 is 14.6 Å². The molecule has 5 aliphatic carbocycles. The third-order valence-corrected chi connectivity index (χ3v) is 7.62. The van der Waals surface area contributed by atoms with E-state index in [1.807, 2.05) is 19.9 Å². The lowest BCUT2D eigenvalue weighted by molar-refractivity contribution is -0.123. The van der Waals surface area contributed by atoms with Gasteiger partial charge in [-0.15, -0.1) is 0 Å². The van der Waals surface area contributed by atoms with Crippen LogP contribution in [0.4, 0.5) is 4.79 Å². The molecule has 1 aromatic rings. The molecule has 0 spiro atoms. The number of esters is 1. The van der Waals surface area contributed by atoms with Gasteiger partial charge in [-0.05, 0) is 89.0 Å². The molecule has 0 saturated heterocycles. The van der Waals surface area contributed by atoms with Crippen molar-refractivity contribution in [3.05, 3.63) is 23.0 Å². The van der Waals surface area contributed by atoms with Crippen molar-refractivity contribution in [2.75, 3.05) is 6.61 Å². The Morgan fingerprint density at radius 1 is 1.07 bits per heavy atom. The van der Waals surface area contributed by atoms with Gasteiger partial charge >= 0.3 is 12.0 Å². The third kappa shape index (κ3) is 3.63. The van der Waals surface area contributed by atoms with Crippen LogP contribution in [0.3, 0.4) is 0 Å². The van der Waals surface area contributed by atoms with Crippen LogP contribution in [0.25, 0.3) is 0 Å². The largest absolute Gasteiger partial charge is 0.452 e. The zero-order valence-corrected chi connectivity index (χ0v) is 17.8. The number of hydrogen-bond acceptors (Lipinski definition) is 4. The number of carbonyl (C=O) groups excluding carboxylic acids is 3. The van der Waals surface area contributed by atoms with Gasteiger partial charge in [0.2, 0.25) is 0 Å². The SMILES string of the molecule is Cc1cc(C(=O)OCC(=O)NC(=O)NC23CC4CC(CC(C4)C2)C3)c(C)n1C1CC1. The first kappa shape index (κ1) is 19.6. The Morgan fingerprint density at radius 3 is 2.23 bits per heavy atom. The van der Waals surface area contributed by atoms with Gasteiger partial charge in [-0.1, -0.05) is 0 Å². The summed E-state index contributed by atoms with van der Waals surface area (Å²) in [4.78, 5) is 37.1. The van der Waals surface area contributed by atoms with Crippen molar-refractivity contribution in [2.45, 2.75) is 76.8 Å². The summed E-state index contributed by atoms with van der Waals surface area (Å²) in [5, 5.41) is 5.45. The zero-order valence-electron chi connectivity index (χ0n) is 17.8. The number of nitrogens with zero attached hydrogens (tertiary/aromatic N) is 1. The van der Waals surface area contributed by atoms with Crippen molar-refractivity contribution in [3.8, 4) is 0 Å². The van der Waals surface area contributed by atoms with Crippen LogP contribution in [-0.2, 0) is 9.53 Å². The van der Waals surface area contributed by atoms with Crippen molar-refractivity contribution in [1.29, 1.82) is 0 Å². The second-order valence-electron chi connectivity index (χ2n) is 10.2. The molecule has 5 aliphatic rings. The molecule has 162 valence electrons. The highest BCUT2D eigenvalue weighted by atomic mass is 16.5. The fourth-order valence-corrected chi connectivity index (χ4v) is 6.79. The van der Waals surface area contributed by atoms with Crippen LogP contribution in [0.5, 0.6) is 0 Å². The van der Waals surface area contributed by atoms with Crippen molar-refractivity contribution in [1.82, 2.24) is 15.2 Å². The lowest BCUT2D eigenvalue weighted by atomic mass is 9.53. The number of nitrogens with one attached hydrogen (secondary N) is 2. The van der Waals surface area contributed by atoms with Crippen LogP contribution in [-0.4, -0.2) is 34.6 Å². The highest BCUT2D eigenvalue weighted by Crippen LogP contribution is 2.55. The van der Waals surface area contributed by atoms with E-state index in [0.29, 0.717) is 29.4 Å². The Balaban J connectivity index is 1.13. The van der Waals surface area contributed by atoms with E-state index in [9.17, 15) is 14.4 Å². The van der Waals surface area contributed by atoms with Gasteiger partial charge in [-0.2, -0.15) is 0 Å². The molecule has 0 atom stereocenters. The predicted octanol–water partition coefficient (Wildman–Crippen LogP) is 3.39. The van der Waals surface area contributed by atoms with Crippen molar-refractivity contribution in [3.63, 3.8) is 0 Å². The van der Waals surface area contributed by atoms with E-state index in [2.05, 4.69) is 15.2 Å². The van der Waals surface area contributed by atoms with E-state index in [-0.39, 0.29) is 5.54 Å². The summed E-state index contributed by atoms with van der Waals surface area (Å²) in [6.07, 6.45) is 9.19. The molecule has 0 aliphatic heterocycles. The Morgan fingerprint density at radius 2 is 1.67 bits per heavy atom. The molecular weight excluding hydrogens is 382 g/mol. The summed E-state index contributed by atoms with van der Waals surface area (Å²) in [6, 6.07) is 1.82.